The van der Waals surface area contributed by atoms with Crippen molar-refractivity contribution in [1.82, 2.24) is 10.3 Å². The SMILES string of the molecule is Cc1cc(C)c(C(C)N[C@H](C)C2CCCC2)c(C)n1. The molecule has 0 amide bonds. The molecule has 1 aliphatic rings. The maximum Gasteiger partial charge on any atom is 0.0426 e. The van der Waals surface area contributed by atoms with E-state index in [2.05, 4.69) is 51.0 Å². The van der Waals surface area contributed by atoms with E-state index >= 15 is 0 Å². The molecule has 2 nitrogen and oxygen atoms in total. The topological polar surface area (TPSA) is 24.9 Å². The molecule has 0 aromatic carbocycles. The van der Waals surface area contributed by atoms with Crippen molar-refractivity contribution in [2.75, 3.05) is 0 Å². The van der Waals surface area contributed by atoms with E-state index in [0.29, 0.717) is 12.1 Å². The lowest BCUT2D eigenvalue weighted by Gasteiger charge is -2.27. The molecule has 2 rings (SSSR count). The van der Waals surface area contributed by atoms with Crippen LogP contribution < -0.4 is 5.32 Å². The van der Waals surface area contributed by atoms with Gasteiger partial charge in [0.1, 0.15) is 0 Å². The van der Waals surface area contributed by atoms with E-state index in [9.17, 15) is 0 Å². The van der Waals surface area contributed by atoms with Crippen molar-refractivity contribution < 1.29 is 0 Å². The highest BCUT2D eigenvalue weighted by Crippen LogP contribution is 2.29. The molecule has 0 aliphatic heterocycles. The van der Waals surface area contributed by atoms with Gasteiger partial charge in [0.2, 0.25) is 0 Å². The number of pyridine rings is 1. The van der Waals surface area contributed by atoms with Crippen LogP contribution in [0.15, 0.2) is 6.07 Å². The Labute approximate surface area is 118 Å². The smallest absolute Gasteiger partial charge is 0.0426 e. The van der Waals surface area contributed by atoms with Crippen molar-refractivity contribution in [3.8, 4) is 0 Å². The Morgan fingerprint density at radius 3 is 2.37 bits per heavy atom. The summed E-state index contributed by atoms with van der Waals surface area (Å²) in [4.78, 5) is 4.62. The van der Waals surface area contributed by atoms with E-state index in [-0.39, 0.29) is 0 Å². The summed E-state index contributed by atoms with van der Waals surface area (Å²) in [6.45, 7) is 11.0. The zero-order chi connectivity index (χ0) is 14.0. The number of hydrogen-bond acceptors (Lipinski definition) is 2. The van der Waals surface area contributed by atoms with Gasteiger partial charge in [-0.25, -0.2) is 0 Å². The second kappa shape index (κ2) is 6.04. The highest BCUT2D eigenvalue weighted by atomic mass is 15.0. The third kappa shape index (κ3) is 3.36. The summed E-state index contributed by atoms with van der Waals surface area (Å²) in [7, 11) is 0. The van der Waals surface area contributed by atoms with E-state index in [0.717, 1.165) is 11.6 Å². The Morgan fingerprint density at radius 1 is 1.16 bits per heavy atom. The Balaban J connectivity index is 2.09. The van der Waals surface area contributed by atoms with Crippen LogP contribution in [0.2, 0.25) is 0 Å². The van der Waals surface area contributed by atoms with Crippen LogP contribution >= 0.6 is 0 Å². The normalized spacial score (nSPS) is 19.6. The minimum atomic E-state index is 0.392. The van der Waals surface area contributed by atoms with Crippen LogP contribution in [0.3, 0.4) is 0 Å². The van der Waals surface area contributed by atoms with Crippen LogP contribution in [0.25, 0.3) is 0 Å². The van der Waals surface area contributed by atoms with E-state index in [1.165, 1.54) is 42.5 Å². The van der Waals surface area contributed by atoms with Gasteiger partial charge in [-0.05, 0) is 70.6 Å². The summed E-state index contributed by atoms with van der Waals surface area (Å²) < 4.78 is 0. The monoisotopic (exact) mass is 260 g/mol. The molecule has 0 radical (unpaired) electrons. The Bertz CT molecular complexity index is 410. The van der Waals surface area contributed by atoms with Crippen LogP contribution in [0, 0.1) is 26.7 Å². The molecule has 0 saturated heterocycles. The molecular formula is C17H28N2. The fourth-order valence-electron chi connectivity index (χ4n) is 3.76. The Morgan fingerprint density at radius 2 is 1.79 bits per heavy atom. The molecule has 1 heterocycles. The molecular weight excluding hydrogens is 232 g/mol. The zero-order valence-electron chi connectivity index (χ0n) is 13.1. The minimum Gasteiger partial charge on any atom is -0.307 e. The number of nitrogens with zero attached hydrogens (tertiary/aromatic N) is 1. The minimum absolute atomic E-state index is 0.392. The highest BCUT2D eigenvalue weighted by molar-refractivity contribution is 5.33. The fraction of sp³-hybridized carbons (Fsp3) is 0.706. The summed E-state index contributed by atoms with van der Waals surface area (Å²) in [5.74, 6) is 0.862. The number of aryl methyl sites for hydroxylation is 3. The average molecular weight is 260 g/mol. The van der Waals surface area contributed by atoms with Crippen molar-refractivity contribution in [3.05, 3.63) is 28.6 Å². The second-order valence-corrected chi connectivity index (χ2v) is 6.30. The van der Waals surface area contributed by atoms with Gasteiger partial charge in [-0.15, -0.1) is 0 Å². The Kier molecular flexibility index (Phi) is 4.62. The third-order valence-electron chi connectivity index (χ3n) is 4.64. The molecule has 1 aromatic heterocycles. The summed E-state index contributed by atoms with van der Waals surface area (Å²) in [5, 5.41) is 3.80. The zero-order valence-corrected chi connectivity index (χ0v) is 13.1. The van der Waals surface area contributed by atoms with Crippen molar-refractivity contribution in [2.45, 2.75) is 72.4 Å². The van der Waals surface area contributed by atoms with Crippen molar-refractivity contribution >= 4 is 0 Å². The van der Waals surface area contributed by atoms with Gasteiger partial charge >= 0.3 is 0 Å². The van der Waals surface area contributed by atoms with Crippen LogP contribution in [0.4, 0.5) is 0 Å². The number of hydrogen-bond donors (Lipinski definition) is 1. The van der Waals surface area contributed by atoms with Crippen molar-refractivity contribution in [1.29, 1.82) is 0 Å². The van der Waals surface area contributed by atoms with Crippen LogP contribution in [-0.4, -0.2) is 11.0 Å². The van der Waals surface area contributed by atoms with Crippen LogP contribution in [0.5, 0.6) is 0 Å². The average Bonchev–Trinajstić information content (AvgIpc) is 2.80. The molecule has 2 heteroatoms. The predicted molar refractivity (Wildman–Crippen MR) is 81.4 cm³/mol. The maximum atomic E-state index is 4.62. The van der Waals surface area contributed by atoms with Gasteiger partial charge in [-0.2, -0.15) is 0 Å². The summed E-state index contributed by atoms with van der Waals surface area (Å²) >= 11 is 0. The molecule has 19 heavy (non-hydrogen) atoms. The van der Waals surface area contributed by atoms with E-state index in [1.54, 1.807) is 0 Å². The van der Waals surface area contributed by atoms with Crippen LogP contribution in [-0.2, 0) is 0 Å². The van der Waals surface area contributed by atoms with E-state index in [4.69, 9.17) is 0 Å². The standard InChI is InChI=1S/C17H28N2/c1-11-10-12(2)18-14(4)17(11)15(5)19-13(3)16-8-6-7-9-16/h10,13,15-16,19H,6-9H2,1-5H3/t13-,15?/m1/s1. The maximum absolute atomic E-state index is 4.62. The van der Waals surface area contributed by atoms with Gasteiger partial charge in [-0.3, -0.25) is 4.98 Å². The molecule has 1 N–H and O–H groups in total. The quantitative estimate of drug-likeness (QED) is 0.876. The van der Waals surface area contributed by atoms with Crippen molar-refractivity contribution in [2.24, 2.45) is 5.92 Å². The molecule has 1 fully saturated rings. The molecule has 2 atom stereocenters. The number of rotatable bonds is 4. The van der Waals surface area contributed by atoms with Gasteiger partial charge < -0.3 is 5.32 Å². The molecule has 1 aromatic rings. The summed E-state index contributed by atoms with van der Waals surface area (Å²) in [5.41, 5.74) is 5.05. The molecule has 0 spiro atoms. The Hall–Kier alpha value is -0.890. The third-order valence-corrected chi connectivity index (χ3v) is 4.64. The van der Waals surface area contributed by atoms with Gasteiger partial charge in [0.25, 0.3) is 0 Å². The van der Waals surface area contributed by atoms with Gasteiger partial charge in [0.15, 0.2) is 0 Å². The molecule has 1 saturated carbocycles. The largest absolute Gasteiger partial charge is 0.307 e. The van der Waals surface area contributed by atoms with Crippen molar-refractivity contribution in [3.63, 3.8) is 0 Å². The second-order valence-electron chi connectivity index (χ2n) is 6.30. The van der Waals surface area contributed by atoms with E-state index < -0.39 is 0 Å². The first kappa shape index (κ1) is 14.5. The highest BCUT2D eigenvalue weighted by Gasteiger charge is 2.23. The van der Waals surface area contributed by atoms with Gasteiger partial charge in [-0.1, -0.05) is 12.8 Å². The molecule has 0 bridgehead atoms. The first-order valence-electron chi connectivity index (χ1n) is 7.70. The van der Waals surface area contributed by atoms with Gasteiger partial charge in [0.05, 0.1) is 0 Å². The summed E-state index contributed by atoms with van der Waals surface area (Å²) in [6, 6.07) is 3.20. The first-order valence-corrected chi connectivity index (χ1v) is 7.70. The lowest BCUT2D eigenvalue weighted by Crippen LogP contribution is -2.35. The fourth-order valence-corrected chi connectivity index (χ4v) is 3.76. The lowest BCUT2D eigenvalue weighted by molar-refractivity contribution is 0.351. The first-order chi connectivity index (χ1) is 8.99. The number of aromatic nitrogens is 1. The number of nitrogens with one attached hydrogen (secondary N) is 1. The predicted octanol–water partition coefficient (Wildman–Crippen LogP) is 4.24. The molecule has 106 valence electrons. The molecule has 1 unspecified atom stereocenters. The van der Waals surface area contributed by atoms with E-state index in [1.807, 2.05) is 0 Å². The molecule has 1 aliphatic carbocycles. The van der Waals surface area contributed by atoms with Gasteiger partial charge in [0, 0.05) is 23.5 Å². The summed E-state index contributed by atoms with van der Waals surface area (Å²) in [6.07, 6.45) is 5.61. The lowest BCUT2D eigenvalue weighted by atomic mass is 9.95. The van der Waals surface area contributed by atoms with Crippen LogP contribution in [0.1, 0.15) is 68.1 Å².